The first-order valence-corrected chi connectivity index (χ1v) is 8.58. The lowest BCUT2D eigenvalue weighted by Crippen LogP contribution is -2.51. The number of benzene rings is 1. The molecule has 0 aromatic heterocycles. The number of hydrogen-bond acceptors (Lipinski definition) is 4. The van der Waals surface area contributed by atoms with Gasteiger partial charge in [0, 0.05) is 31.1 Å². The zero-order valence-corrected chi connectivity index (χ0v) is 15.1. The number of hydrogen-bond donors (Lipinski definition) is 1. The van der Waals surface area contributed by atoms with Crippen molar-refractivity contribution in [1.29, 1.82) is 0 Å². The van der Waals surface area contributed by atoms with Crippen LogP contribution in [0, 0.1) is 0 Å². The predicted molar refractivity (Wildman–Crippen MR) is 94.4 cm³/mol. The van der Waals surface area contributed by atoms with Crippen molar-refractivity contribution in [3.8, 4) is 0 Å². The number of rotatable bonds is 4. The second-order valence-electron chi connectivity index (χ2n) is 5.12. The van der Waals surface area contributed by atoms with Crippen molar-refractivity contribution in [3.05, 3.63) is 28.8 Å². The first-order chi connectivity index (χ1) is 10.1. The van der Waals surface area contributed by atoms with Gasteiger partial charge in [0.2, 0.25) is 0 Å². The highest BCUT2D eigenvalue weighted by Gasteiger charge is 2.32. The summed E-state index contributed by atoms with van der Waals surface area (Å²) in [5.74, 6) is -0.0408. The lowest BCUT2D eigenvalue weighted by molar-refractivity contribution is 0.0139. The molecule has 2 unspecified atom stereocenters. The SMILES string of the molecule is COC1CCN(C(=O)c2cc(SC)ccc2Cl)C(CN)C1.Cl. The first kappa shape index (κ1) is 19.6. The lowest BCUT2D eigenvalue weighted by atomic mass is 9.98. The minimum atomic E-state index is -0.0408. The number of nitrogens with zero attached hydrogens (tertiary/aromatic N) is 1. The molecular weight excluding hydrogens is 343 g/mol. The van der Waals surface area contributed by atoms with E-state index in [-0.39, 0.29) is 30.5 Å². The Kier molecular flexibility index (Phi) is 8.00. The smallest absolute Gasteiger partial charge is 0.255 e. The fourth-order valence-electron chi connectivity index (χ4n) is 2.67. The minimum Gasteiger partial charge on any atom is -0.381 e. The fourth-order valence-corrected chi connectivity index (χ4v) is 3.31. The summed E-state index contributed by atoms with van der Waals surface area (Å²) in [7, 11) is 1.70. The molecular formula is C15H22Cl2N2O2S. The van der Waals surface area contributed by atoms with E-state index in [1.54, 1.807) is 24.9 Å². The third-order valence-electron chi connectivity index (χ3n) is 3.94. The molecule has 2 N–H and O–H groups in total. The number of amides is 1. The molecule has 2 atom stereocenters. The summed E-state index contributed by atoms with van der Waals surface area (Å²) in [6.45, 7) is 1.09. The van der Waals surface area contributed by atoms with Gasteiger partial charge in [-0.2, -0.15) is 0 Å². The van der Waals surface area contributed by atoms with Crippen molar-refractivity contribution < 1.29 is 9.53 Å². The average molecular weight is 365 g/mol. The maximum atomic E-state index is 12.8. The quantitative estimate of drug-likeness (QED) is 0.834. The number of halogens is 2. The van der Waals surface area contributed by atoms with Crippen LogP contribution in [-0.2, 0) is 4.74 Å². The van der Waals surface area contributed by atoms with Gasteiger partial charge in [0.15, 0.2) is 0 Å². The van der Waals surface area contributed by atoms with Gasteiger partial charge in [0.05, 0.1) is 16.7 Å². The van der Waals surface area contributed by atoms with Crippen LogP contribution in [0.4, 0.5) is 0 Å². The van der Waals surface area contributed by atoms with E-state index in [0.29, 0.717) is 23.7 Å². The Labute approximate surface area is 147 Å². The van der Waals surface area contributed by atoms with E-state index < -0.39 is 0 Å². The molecule has 2 rings (SSSR count). The maximum Gasteiger partial charge on any atom is 0.255 e. The van der Waals surface area contributed by atoms with Gasteiger partial charge < -0.3 is 15.4 Å². The molecule has 124 valence electrons. The van der Waals surface area contributed by atoms with E-state index in [1.165, 1.54) is 0 Å². The standard InChI is InChI=1S/C15H21ClN2O2S.ClH/c1-20-11-5-6-18(10(7-11)9-17)15(19)13-8-12(21-2)3-4-14(13)16;/h3-4,8,10-11H,5-7,9,17H2,1-2H3;1H. The molecule has 0 saturated carbocycles. The van der Waals surface area contributed by atoms with E-state index in [1.807, 2.05) is 23.3 Å². The summed E-state index contributed by atoms with van der Waals surface area (Å²) in [6.07, 6.45) is 3.76. The Morgan fingerprint density at radius 1 is 1.55 bits per heavy atom. The highest BCUT2D eigenvalue weighted by Crippen LogP contribution is 2.27. The van der Waals surface area contributed by atoms with Gasteiger partial charge in [-0.05, 0) is 37.3 Å². The van der Waals surface area contributed by atoms with Gasteiger partial charge in [-0.1, -0.05) is 11.6 Å². The van der Waals surface area contributed by atoms with Crippen LogP contribution in [0.5, 0.6) is 0 Å². The maximum absolute atomic E-state index is 12.8. The summed E-state index contributed by atoms with van der Waals surface area (Å²) in [6, 6.07) is 5.55. The van der Waals surface area contributed by atoms with Crippen LogP contribution >= 0.6 is 35.8 Å². The molecule has 1 aromatic rings. The number of ether oxygens (including phenoxy) is 1. The summed E-state index contributed by atoms with van der Waals surface area (Å²) in [5.41, 5.74) is 6.39. The molecule has 0 radical (unpaired) electrons. The lowest BCUT2D eigenvalue weighted by Gasteiger charge is -2.38. The van der Waals surface area contributed by atoms with E-state index in [0.717, 1.165) is 17.7 Å². The van der Waals surface area contributed by atoms with Gasteiger partial charge in [0.25, 0.3) is 5.91 Å². The molecule has 1 aliphatic rings. The molecule has 7 heteroatoms. The highest BCUT2D eigenvalue weighted by molar-refractivity contribution is 7.98. The fraction of sp³-hybridized carbons (Fsp3) is 0.533. The van der Waals surface area contributed by atoms with Crippen molar-refractivity contribution >= 4 is 41.7 Å². The molecule has 0 spiro atoms. The normalized spacial score (nSPS) is 21.4. The van der Waals surface area contributed by atoms with Crippen LogP contribution in [0.25, 0.3) is 0 Å². The first-order valence-electron chi connectivity index (χ1n) is 6.98. The van der Waals surface area contributed by atoms with Crippen LogP contribution in [0.1, 0.15) is 23.2 Å². The summed E-state index contributed by atoms with van der Waals surface area (Å²) in [5, 5.41) is 0.488. The Morgan fingerprint density at radius 3 is 2.86 bits per heavy atom. The van der Waals surface area contributed by atoms with Gasteiger partial charge in [-0.25, -0.2) is 0 Å². The number of likely N-dealkylation sites (tertiary alicyclic amines) is 1. The zero-order chi connectivity index (χ0) is 15.4. The zero-order valence-electron chi connectivity index (χ0n) is 12.8. The van der Waals surface area contributed by atoms with Gasteiger partial charge in [-0.15, -0.1) is 24.2 Å². The molecule has 0 aliphatic carbocycles. The third-order valence-corrected chi connectivity index (χ3v) is 4.99. The Hall–Kier alpha value is -0.460. The Balaban J connectivity index is 0.00000242. The Morgan fingerprint density at radius 2 is 2.27 bits per heavy atom. The van der Waals surface area contributed by atoms with Crippen molar-refractivity contribution in [2.75, 3.05) is 26.5 Å². The van der Waals surface area contributed by atoms with Crippen molar-refractivity contribution in [3.63, 3.8) is 0 Å². The summed E-state index contributed by atoms with van der Waals surface area (Å²) >= 11 is 7.79. The number of thioether (sulfide) groups is 1. The monoisotopic (exact) mass is 364 g/mol. The van der Waals surface area contributed by atoms with Crippen LogP contribution in [-0.4, -0.2) is 49.4 Å². The highest BCUT2D eigenvalue weighted by atomic mass is 35.5. The van der Waals surface area contributed by atoms with Gasteiger partial charge in [0.1, 0.15) is 0 Å². The molecule has 1 amide bonds. The van der Waals surface area contributed by atoms with E-state index in [9.17, 15) is 4.79 Å². The van der Waals surface area contributed by atoms with E-state index >= 15 is 0 Å². The van der Waals surface area contributed by atoms with Crippen LogP contribution in [0.15, 0.2) is 23.1 Å². The molecule has 0 bridgehead atoms. The van der Waals surface area contributed by atoms with Crippen molar-refractivity contribution in [2.45, 2.75) is 29.9 Å². The van der Waals surface area contributed by atoms with Crippen LogP contribution < -0.4 is 5.73 Å². The third kappa shape index (κ3) is 4.30. The molecule has 4 nitrogen and oxygen atoms in total. The second-order valence-corrected chi connectivity index (χ2v) is 6.40. The summed E-state index contributed by atoms with van der Waals surface area (Å²) < 4.78 is 5.39. The van der Waals surface area contributed by atoms with Crippen LogP contribution in [0.3, 0.4) is 0 Å². The van der Waals surface area contributed by atoms with Crippen LogP contribution in [0.2, 0.25) is 5.02 Å². The van der Waals surface area contributed by atoms with Gasteiger partial charge >= 0.3 is 0 Å². The number of carbonyl (C=O) groups is 1. The van der Waals surface area contributed by atoms with E-state index in [4.69, 9.17) is 22.1 Å². The average Bonchev–Trinajstić information content (AvgIpc) is 2.54. The molecule has 1 fully saturated rings. The molecule has 1 aliphatic heterocycles. The second kappa shape index (κ2) is 8.99. The number of carbonyl (C=O) groups excluding carboxylic acids is 1. The number of methoxy groups -OCH3 is 1. The van der Waals surface area contributed by atoms with Gasteiger partial charge in [-0.3, -0.25) is 4.79 Å². The topological polar surface area (TPSA) is 55.6 Å². The molecule has 1 aromatic carbocycles. The minimum absolute atomic E-state index is 0. The van der Waals surface area contributed by atoms with E-state index in [2.05, 4.69) is 0 Å². The van der Waals surface area contributed by atoms with Crippen molar-refractivity contribution in [2.24, 2.45) is 5.73 Å². The largest absolute Gasteiger partial charge is 0.381 e. The number of nitrogens with two attached hydrogens (primary N) is 1. The molecule has 1 saturated heterocycles. The van der Waals surface area contributed by atoms with Crippen molar-refractivity contribution in [1.82, 2.24) is 4.90 Å². The number of piperidine rings is 1. The molecule has 22 heavy (non-hydrogen) atoms. The molecule has 1 heterocycles. The Bertz CT molecular complexity index is 516. The predicted octanol–water partition coefficient (Wildman–Crippen LogP) is 3.06. The summed E-state index contributed by atoms with van der Waals surface area (Å²) in [4.78, 5) is 15.6.